The molecule has 9 heteroatoms. The van der Waals surface area contributed by atoms with E-state index in [4.69, 9.17) is 4.42 Å². The molecule has 140 valence electrons. The lowest BCUT2D eigenvalue weighted by Crippen LogP contribution is -2.14. The summed E-state index contributed by atoms with van der Waals surface area (Å²) in [4.78, 5) is 12.2. The van der Waals surface area contributed by atoms with Gasteiger partial charge in [0.25, 0.3) is 5.22 Å². The third-order valence-electron chi connectivity index (χ3n) is 3.52. The van der Waals surface area contributed by atoms with Crippen LogP contribution in [-0.4, -0.2) is 36.5 Å². The summed E-state index contributed by atoms with van der Waals surface area (Å²) in [5.41, 5.74) is 1.47. The van der Waals surface area contributed by atoms with Crippen molar-refractivity contribution in [1.82, 2.24) is 10.2 Å². The molecule has 1 N–H and O–H groups in total. The molecule has 0 atom stereocenters. The molecule has 0 aliphatic rings. The monoisotopic (exact) mass is 403 g/mol. The smallest absolute Gasteiger partial charge is 0.277 e. The van der Waals surface area contributed by atoms with Crippen LogP contribution in [0.15, 0.2) is 69.1 Å². The predicted molar refractivity (Wildman–Crippen MR) is 102 cm³/mol. The van der Waals surface area contributed by atoms with E-state index in [1.807, 2.05) is 30.3 Å². The van der Waals surface area contributed by atoms with Gasteiger partial charge in [0.2, 0.25) is 11.8 Å². The largest absolute Gasteiger partial charge is 0.416 e. The number of amides is 1. The van der Waals surface area contributed by atoms with E-state index in [1.165, 1.54) is 12.1 Å². The lowest BCUT2D eigenvalue weighted by Gasteiger charge is -2.05. The van der Waals surface area contributed by atoms with Crippen molar-refractivity contribution in [2.75, 3.05) is 17.3 Å². The number of carbonyl (C=O) groups excluding carboxylic acids is 1. The van der Waals surface area contributed by atoms with E-state index in [0.29, 0.717) is 23.2 Å². The van der Waals surface area contributed by atoms with Crippen LogP contribution in [0.5, 0.6) is 0 Å². The second-order valence-corrected chi connectivity index (χ2v) is 8.70. The zero-order valence-corrected chi connectivity index (χ0v) is 16.1. The highest BCUT2D eigenvalue weighted by atomic mass is 32.2. The maximum atomic E-state index is 12.1. The molecule has 0 aliphatic carbocycles. The fraction of sp³-hybridized carbons (Fsp3) is 0.167. The summed E-state index contributed by atoms with van der Waals surface area (Å²) in [7, 11) is -3.33. The molecule has 3 rings (SSSR count). The van der Waals surface area contributed by atoms with Crippen LogP contribution < -0.4 is 5.32 Å². The highest BCUT2D eigenvalue weighted by Crippen LogP contribution is 2.19. The molecule has 0 bridgehead atoms. The molecular weight excluding hydrogens is 386 g/mol. The van der Waals surface area contributed by atoms with Gasteiger partial charge < -0.3 is 9.73 Å². The number of sulfone groups is 1. The van der Waals surface area contributed by atoms with E-state index in [-0.39, 0.29) is 16.6 Å². The molecule has 3 aromatic rings. The number of hydrogen-bond acceptors (Lipinski definition) is 7. The molecule has 1 aromatic heterocycles. The van der Waals surface area contributed by atoms with Gasteiger partial charge in [0.15, 0.2) is 9.84 Å². The number of rotatable bonds is 7. The van der Waals surface area contributed by atoms with Crippen LogP contribution in [0.1, 0.15) is 11.5 Å². The molecule has 0 unspecified atom stereocenters. The van der Waals surface area contributed by atoms with Crippen molar-refractivity contribution in [3.8, 4) is 0 Å². The average Bonchev–Trinajstić information content (AvgIpc) is 3.08. The molecule has 2 aromatic carbocycles. The van der Waals surface area contributed by atoms with Gasteiger partial charge in [-0.15, -0.1) is 10.2 Å². The maximum Gasteiger partial charge on any atom is 0.277 e. The molecule has 0 saturated heterocycles. The van der Waals surface area contributed by atoms with Crippen molar-refractivity contribution in [3.63, 3.8) is 0 Å². The van der Waals surface area contributed by atoms with E-state index in [2.05, 4.69) is 15.5 Å². The van der Waals surface area contributed by atoms with Crippen molar-refractivity contribution < 1.29 is 17.6 Å². The number of anilines is 1. The van der Waals surface area contributed by atoms with Gasteiger partial charge in [0.1, 0.15) is 0 Å². The van der Waals surface area contributed by atoms with Crippen LogP contribution in [0.2, 0.25) is 0 Å². The Hall–Kier alpha value is -2.65. The Morgan fingerprint density at radius 3 is 2.63 bits per heavy atom. The highest BCUT2D eigenvalue weighted by Gasteiger charge is 2.12. The molecule has 0 fully saturated rings. The van der Waals surface area contributed by atoms with E-state index < -0.39 is 9.84 Å². The molecule has 0 aliphatic heterocycles. The number of carbonyl (C=O) groups is 1. The van der Waals surface area contributed by atoms with E-state index in [1.54, 1.807) is 12.1 Å². The Balaban J connectivity index is 1.54. The van der Waals surface area contributed by atoms with Gasteiger partial charge in [-0.3, -0.25) is 4.79 Å². The van der Waals surface area contributed by atoms with Gasteiger partial charge in [-0.1, -0.05) is 48.2 Å². The Kier molecular flexibility index (Phi) is 5.92. The molecule has 0 saturated carbocycles. The first kappa shape index (κ1) is 19.1. The second kappa shape index (κ2) is 8.36. The number of nitrogens with zero attached hydrogens (tertiary/aromatic N) is 2. The SMILES string of the molecule is CS(=O)(=O)c1cccc(NC(=O)CSc2nnc(Cc3ccccc3)o2)c1. The Morgan fingerprint density at radius 2 is 1.89 bits per heavy atom. The summed E-state index contributed by atoms with van der Waals surface area (Å²) >= 11 is 1.12. The normalized spacial score (nSPS) is 11.3. The van der Waals surface area contributed by atoms with Gasteiger partial charge in [-0.2, -0.15) is 0 Å². The van der Waals surface area contributed by atoms with E-state index >= 15 is 0 Å². The summed E-state index contributed by atoms with van der Waals surface area (Å²) < 4.78 is 28.7. The number of nitrogens with one attached hydrogen (secondary N) is 1. The van der Waals surface area contributed by atoms with Gasteiger partial charge in [0, 0.05) is 11.9 Å². The van der Waals surface area contributed by atoms with Gasteiger partial charge in [-0.05, 0) is 23.8 Å². The highest BCUT2D eigenvalue weighted by molar-refractivity contribution is 7.99. The van der Waals surface area contributed by atoms with Crippen LogP contribution in [0, 0.1) is 0 Å². The van der Waals surface area contributed by atoms with Crippen molar-refractivity contribution in [2.45, 2.75) is 16.5 Å². The molecule has 1 heterocycles. The van der Waals surface area contributed by atoms with Crippen molar-refractivity contribution in [1.29, 1.82) is 0 Å². The minimum atomic E-state index is -3.33. The zero-order valence-electron chi connectivity index (χ0n) is 14.5. The fourth-order valence-electron chi connectivity index (χ4n) is 2.27. The Bertz CT molecular complexity index is 1030. The Morgan fingerprint density at radius 1 is 1.11 bits per heavy atom. The lowest BCUT2D eigenvalue weighted by molar-refractivity contribution is -0.113. The van der Waals surface area contributed by atoms with Gasteiger partial charge >= 0.3 is 0 Å². The fourth-order valence-corrected chi connectivity index (χ4v) is 3.51. The molecule has 0 radical (unpaired) electrons. The summed E-state index contributed by atoms with van der Waals surface area (Å²) in [6.45, 7) is 0. The number of hydrogen-bond donors (Lipinski definition) is 1. The summed E-state index contributed by atoms with van der Waals surface area (Å²) in [5.74, 6) is 0.245. The second-order valence-electron chi connectivity index (χ2n) is 5.76. The third kappa shape index (κ3) is 5.66. The molecule has 1 amide bonds. The first-order chi connectivity index (χ1) is 12.9. The quantitative estimate of drug-likeness (QED) is 0.605. The third-order valence-corrected chi connectivity index (χ3v) is 5.45. The van der Waals surface area contributed by atoms with Crippen LogP contribution >= 0.6 is 11.8 Å². The van der Waals surface area contributed by atoms with E-state index in [0.717, 1.165) is 23.6 Å². The molecule has 0 spiro atoms. The van der Waals surface area contributed by atoms with Crippen molar-refractivity contribution in [2.24, 2.45) is 0 Å². The molecular formula is C18H17N3O4S2. The minimum absolute atomic E-state index is 0.0655. The lowest BCUT2D eigenvalue weighted by atomic mass is 10.2. The number of benzene rings is 2. The standard InChI is InChI=1S/C18H17N3O4S2/c1-27(23,24)15-9-5-8-14(11-15)19-16(22)12-26-18-21-20-17(25-18)10-13-6-3-2-4-7-13/h2-9,11H,10,12H2,1H3,(H,19,22). The summed E-state index contributed by atoms with van der Waals surface area (Å²) in [5, 5.41) is 10.9. The summed E-state index contributed by atoms with van der Waals surface area (Å²) in [6, 6.07) is 15.8. The van der Waals surface area contributed by atoms with Crippen LogP contribution in [0.3, 0.4) is 0 Å². The van der Waals surface area contributed by atoms with E-state index in [9.17, 15) is 13.2 Å². The zero-order chi connectivity index (χ0) is 19.3. The number of aromatic nitrogens is 2. The number of thioether (sulfide) groups is 1. The van der Waals surface area contributed by atoms with Crippen molar-refractivity contribution >= 4 is 33.2 Å². The van der Waals surface area contributed by atoms with Gasteiger partial charge in [0.05, 0.1) is 17.1 Å². The summed E-state index contributed by atoms with van der Waals surface area (Å²) in [6.07, 6.45) is 1.64. The average molecular weight is 403 g/mol. The first-order valence-corrected chi connectivity index (χ1v) is 10.9. The molecule has 27 heavy (non-hydrogen) atoms. The van der Waals surface area contributed by atoms with Gasteiger partial charge in [-0.25, -0.2) is 8.42 Å². The topological polar surface area (TPSA) is 102 Å². The van der Waals surface area contributed by atoms with Crippen LogP contribution in [0.4, 0.5) is 5.69 Å². The van der Waals surface area contributed by atoms with Crippen molar-refractivity contribution in [3.05, 3.63) is 66.1 Å². The maximum absolute atomic E-state index is 12.1. The minimum Gasteiger partial charge on any atom is -0.416 e. The predicted octanol–water partition coefficient (Wildman–Crippen LogP) is 2.79. The first-order valence-electron chi connectivity index (χ1n) is 7.99. The van der Waals surface area contributed by atoms with Crippen LogP contribution in [0.25, 0.3) is 0 Å². The van der Waals surface area contributed by atoms with Crippen LogP contribution in [-0.2, 0) is 21.1 Å². The molecule has 7 nitrogen and oxygen atoms in total. The Labute approximate surface area is 161 Å².